The summed E-state index contributed by atoms with van der Waals surface area (Å²) < 4.78 is 6.58. The number of thiazole rings is 1. The predicted molar refractivity (Wildman–Crippen MR) is 94.8 cm³/mol. The summed E-state index contributed by atoms with van der Waals surface area (Å²) >= 11 is 1.73. The monoisotopic (exact) mass is 326 g/mol. The summed E-state index contributed by atoms with van der Waals surface area (Å²) in [5, 5.41) is 1.07. The van der Waals surface area contributed by atoms with E-state index in [1.165, 1.54) is 4.70 Å². The molecular formula is C17H18N4OS. The maximum atomic E-state index is 5.41. The van der Waals surface area contributed by atoms with Gasteiger partial charge in [0.25, 0.3) is 0 Å². The van der Waals surface area contributed by atoms with Gasteiger partial charge in [-0.3, -0.25) is 0 Å². The molecular weight excluding hydrogens is 308 g/mol. The maximum Gasteiger partial charge on any atom is 0.186 e. The minimum atomic E-state index is 0.845. The molecule has 1 aromatic carbocycles. The maximum absolute atomic E-state index is 5.41. The molecule has 0 saturated carbocycles. The molecule has 2 aromatic heterocycles. The number of ether oxygens (including phenoxy) is 1. The third-order valence-corrected chi connectivity index (χ3v) is 5.20. The van der Waals surface area contributed by atoms with Crippen molar-refractivity contribution in [2.24, 2.45) is 0 Å². The van der Waals surface area contributed by atoms with E-state index < -0.39 is 0 Å². The number of piperazine rings is 1. The number of methoxy groups -OCH3 is 1. The molecule has 0 radical (unpaired) electrons. The zero-order valence-corrected chi connectivity index (χ0v) is 13.8. The van der Waals surface area contributed by atoms with Crippen LogP contribution in [-0.4, -0.2) is 43.3 Å². The van der Waals surface area contributed by atoms with E-state index in [1.54, 1.807) is 18.4 Å². The molecule has 5 nitrogen and oxygen atoms in total. The Labute approximate surface area is 139 Å². The lowest BCUT2D eigenvalue weighted by Crippen LogP contribution is -2.46. The molecule has 1 fully saturated rings. The summed E-state index contributed by atoms with van der Waals surface area (Å²) in [5.41, 5.74) is 0.960. The first-order valence-corrected chi connectivity index (χ1v) is 8.51. The van der Waals surface area contributed by atoms with Crippen LogP contribution in [0.25, 0.3) is 10.2 Å². The molecule has 4 rings (SSSR count). The van der Waals surface area contributed by atoms with E-state index in [1.807, 2.05) is 30.5 Å². The van der Waals surface area contributed by atoms with Crippen LogP contribution in [0.3, 0.4) is 0 Å². The lowest BCUT2D eigenvalue weighted by Gasteiger charge is -2.35. The first-order valence-electron chi connectivity index (χ1n) is 7.69. The first kappa shape index (κ1) is 14.3. The van der Waals surface area contributed by atoms with Crippen LogP contribution in [0.2, 0.25) is 0 Å². The standard InChI is InChI=1S/C17H18N4OS/c1-22-13-5-4-6-14-16(13)19-17(23-14)21-11-9-20(10-12-21)15-7-2-3-8-18-15/h2-8H,9-12H2,1H3. The van der Waals surface area contributed by atoms with Gasteiger partial charge in [-0.25, -0.2) is 9.97 Å². The van der Waals surface area contributed by atoms with Crippen LogP contribution in [0.15, 0.2) is 42.6 Å². The Morgan fingerprint density at radius 2 is 1.83 bits per heavy atom. The van der Waals surface area contributed by atoms with Crippen LogP contribution in [0.5, 0.6) is 5.75 Å². The smallest absolute Gasteiger partial charge is 0.186 e. The summed E-state index contributed by atoms with van der Waals surface area (Å²) in [6, 6.07) is 12.1. The fourth-order valence-electron chi connectivity index (χ4n) is 2.88. The van der Waals surface area contributed by atoms with Gasteiger partial charge in [0.05, 0.1) is 11.8 Å². The molecule has 1 aliphatic rings. The molecule has 0 atom stereocenters. The summed E-state index contributed by atoms with van der Waals surface area (Å²) in [4.78, 5) is 13.9. The van der Waals surface area contributed by atoms with E-state index in [0.717, 1.165) is 48.4 Å². The number of aromatic nitrogens is 2. The first-order chi connectivity index (χ1) is 11.3. The van der Waals surface area contributed by atoms with Gasteiger partial charge < -0.3 is 14.5 Å². The summed E-state index contributed by atoms with van der Waals surface area (Å²) in [6.07, 6.45) is 1.85. The lowest BCUT2D eigenvalue weighted by atomic mass is 10.3. The van der Waals surface area contributed by atoms with E-state index >= 15 is 0 Å². The molecule has 1 saturated heterocycles. The van der Waals surface area contributed by atoms with Crippen molar-refractivity contribution < 1.29 is 4.74 Å². The number of pyridine rings is 1. The van der Waals surface area contributed by atoms with Crippen molar-refractivity contribution in [3.63, 3.8) is 0 Å². The highest BCUT2D eigenvalue weighted by Crippen LogP contribution is 2.34. The molecule has 0 bridgehead atoms. The Morgan fingerprint density at radius 3 is 2.57 bits per heavy atom. The Hall–Kier alpha value is -2.34. The second-order valence-corrected chi connectivity index (χ2v) is 6.47. The molecule has 0 amide bonds. The highest BCUT2D eigenvalue weighted by atomic mass is 32.1. The average Bonchev–Trinajstić information content (AvgIpc) is 3.07. The molecule has 0 spiro atoms. The van der Waals surface area contributed by atoms with Crippen LogP contribution in [0, 0.1) is 0 Å². The van der Waals surface area contributed by atoms with Crippen LogP contribution >= 0.6 is 11.3 Å². The topological polar surface area (TPSA) is 41.5 Å². The van der Waals surface area contributed by atoms with Crippen LogP contribution in [0.1, 0.15) is 0 Å². The third kappa shape index (κ3) is 2.70. The van der Waals surface area contributed by atoms with E-state index in [4.69, 9.17) is 9.72 Å². The minimum Gasteiger partial charge on any atom is -0.494 e. The Bertz CT molecular complexity index is 797. The number of anilines is 2. The lowest BCUT2D eigenvalue weighted by molar-refractivity contribution is 0.419. The molecule has 3 heterocycles. The van der Waals surface area contributed by atoms with Crippen molar-refractivity contribution in [2.45, 2.75) is 0 Å². The fourth-order valence-corrected chi connectivity index (χ4v) is 3.91. The number of hydrogen-bond acceptors (Lipinski definition) is 6. The Balaban J connectivity index is 1.52. The summed E-state index contributed by atoms with van der Waals surface area (Å²) in [5.74, 6) is 1.90. The Kier molecular flexibility index (Phi) is 3.75. The van der Waals surface area contributed by atoms with Crippen molar-refractivity contribution in [3.8, 4) is 5.75 Å². The normalized spacial score (nSPS) is 15.2. The molecule has 1 aliphatic heterocycles. The SMILES string of the molecule is COc1cccc2sc(N3CCN(c4ccccn4)CC3)nc12. The second kappa shape index (κ2) is 6.04. The molecule has 0 unspecified atom stereocenters. The van der Waals surface area contributed by atoms with Crippen molar-refractivity contribution in [3.05, 3.63) is 42.6 Å². The van der Waals surface area contributed by atoms with Gasteiger partial charge in [0.1, 0.15) is 17.1 Å². The fraction of sp³-hybridized carbons (Fsp3) is 0.294. The zero-order valence-electron chi connectivity index (χ0n) is 13.0. The van der Waals surface area contributed by atoms with Gasteiger partial charge in [0, 0.05) is 32.4 Å². The van der Waals surface area contributed by atoms with Gasteiger partial charge in [-0.05, 0) is 24.3 Å². The summed E-state index contributed by atoms with van der Waals surface area (Å²) in [7, 11) is 1.69. The van der Waals surface area contributed by atoms with Gasteiger partial charge in [0.15, 0.2) is 5.13 Å². The van der Waals surface area contributed by atoms with Crippen LogP contribution < -0.4 is 14.5 Å². The van der Waals surface area contributed by atoms with Crippen molar-refractivity contribution >= 4 is 32.5 Å². The predicted octanol–water partition coefficient (Wildman–Crippen LogP) is 3.03. The van der Waals surface area contributed by atoms with Crippen LogP contribution in [-0.2, 0) is 0 Å². The van der Waals surface area contributed by atoms with Gasteiger partial charge in [-0.2, -0.15) is 0 Å². The number of nitrogens with zero attached hydrogens (tertiary/aromatic N) is 4. The Morgan fingerprint density at radius 1 is 1.00 bits per heavy atom. The van der Waals surface area contributed by atoms with Crippen LogP contribution in [0.4, 0.5) is 10.9 Å². The number of fused-ring (bicyclic) bond motifs is 1. The number of para-hydroxylation sites is 1. The number of hydrogen-bond donors (Lipinski definition) is 0. The molecule has 3 aromatic rings. The van der Waals surface area contributed by atoms with Gasteiger partial charge in [-0.1, -0.05) is 23.5 Å². The average molecular weight is 326 g/mol. The van der Waals surface area contributed by atoms with E-state index in [2.05, 4.69) is 26.9 Å². The minimum absolute atomic E-state index is 0.845. The van der Waals surface area contributed by atoms with E-state index in [-0.39, 0.29) is 0 Å². The zero-order chi connectivity index (χ0) is 15.6. The summed E-state index contributed by atoms with van der Waals surface area (Å²) in [6.45, 7) is 3.84. The molecule has 23 heavy (non-hydrogen) atoms. The third-order valence-electron chi connectivity index (χ3n) is 4.11. The van der Waals surface area contributed by atoms with E-state index in [0.29, 0.717) is 0 Å². The molecule has 0 N–H and O–H groups in total. The van der Waals surface area contributed by atoms with Gasteiger partial charge in [0.2, 0.25) is 0 Å². The van der Waals surface area contributed by atoms with Gasteiger partial charge in [-0.15, -0.1) is 0 Å². The molecule has 6 heteroatoms. The number of rotatable bonds is 3. The second-order valence-electron chi connectivity index (χ2n) is 5.47. The van der Waals surface area contributed by atoms with Crippen molar-refractivity contribution in [1.29, 1.82) is 0 Å². The molecule has 118 valence electrons. The largest absolute Gasteiger partial charge is 0.494 e. The van der Waals surface area contributed by atoms with Crippen molar-refractivity contribution in [1.82, 2.24) is 9.97 Å². The van der Waals surface area contributed by atoms with Gasteiger partial charge >= 0.3 is 0 Å². The van der Waals surface area contributed by atoms with Crippen molar-refractivity contribution in [2.75, 3.05) is 43.1 Å². The van der Waals surface area contributed by atoms with E-state index in [9.17, 15) is 0 Å². The number of benzene rings is 1. The quantitative estimate of drug-likeness (QED) is 0.740. The molecule has 0 aliphatic carbocycles. The highest BCUT2D eigenvalue weighted by Gasteiger charge is 2.21. The highest BCUT2D eigenvalue weighted by molar-refractivity contribution is 7.22.